The van der Waals surface area contributed by atoms with Crippen molar-refractivity contribution >= 4 is 22.9 Å². The molecule has 0 N–H and O–H groups in total. The predicted octanol–water partition coefficient (Wildman–Crippen LogP) is -1.03. The molecule has 1 unspecified atom stereocenters. The van der Waals surface area contributed by atoms with E-state index in [1.807, 2.05) is 19.0 Å². The lowest BCUT2D eigenvalue weighted by Gasteiger charge is -2.18. The standard InChI is InChI=1S/C19H24N8O4/c1-23(2)13-7-20-8-14(22-13)31-12-5-6-26(9-12)15(28)10-27-11-21-17-16(27)18(29)25(4)19(30)24(17)3/h7-8,11-12H,5-6,9-10H2,1-4H3. The van der Waals surface area contributed by atoms with E-state index in [9.17, 15) is 14.4 Å². The Bertz CT molecular complexity index is 1260. The second-order valence-electron chi connectivity index (χ2n) is 7.73. The third-order valence-electron chi connectivity index (χ3n) is 5.37. The first kappa shape index (κ1) is 20.6. The van der Waals surface area contributed by atoms with Gasteiger partial charge in [-0.25, -0.2) is 9.78 Å². The number of ether oxygens (including phenoxy) is 1. The molecule has 1 fully saturated rings. The van der Waals surface area contributed by atoms with Crippen molar-refractivity contribution < 1.29 is 9.53 Å². The Morgan fingerprint density at radius 2 is 2.00 bits per heavy atom. The van der Waals surface area contributed by atoms with Crippen molar-refractivity contribution in [2.24, 2.45) is 14.1 Å². The van der Waals surface area contributed by atoms with Crippen LogP contribution >= 0.6 is 0 Å². The molecule has 0 radical (unpaired) electrons. The van der Waals surface area contributed by atoms with E-state index >= 15 is 0 Å². The minimum atomic E-state index is -0.481. The Labute approximate surface area is 177 Å². The Hall–Kier alpha value is -3.70. The first-order valence-corrected chi connectivity index (χ1v) is 9.81. The van der Waals surface area contributed by atoms with E-state index in [-0.39, 0.29) is 29.7 Å². The normalized spacial score (nSPS) is 16.1. The number of nitrogens with zero attached hydrogens (tertiary/aromatic N) is 8. The van der Waals surface area contributed by atoms with E-state index < -0.39 is 11.2 Å². The predicted molar refractivity (Wildman–Crippen MR) is 112 cm³/mol. The molecule has 0 aromatic carbocycles. The molecule has 12 heteroatoms. The zero-order valence-electron chi connectivity index (χ0n) is 17.8. The molecule has 0 saturated carbocycles. The van der Waals surface area contributed by atoms with Crippen LogP contribution in [0.25, 0.3) is 11.2 Å². The monoisotopic (exact) mass is 428 g/mol. The molecule has 0 bridgehead atoms. The Balaban J connectivity index is 1.47. The number of hydrogen-bond donors (Lipinski definition) is 0. The van der Waals surface area contributed by atoms with Crippen LogP contribution in [0.1, 0.15) is 6.42 Å². The number of imidazole rings is 1. The molecule has 3 aromatic heterocycles. The third-order valence-corrected chi connectivity index (χ3v) is 5.37. The lowest BCUT2D eigenvalue weighted by molar-refractivity contribution is -0.131. The van der Waals surface area contributed by atoms with Gasteiger partial charge in [0.2, 0.25) is 11.8 Å². The number of aryl methyl sites for hydroxylation is 1. The first-order valence-electron chi connectivity index (χ1n) is 9.81. The average Bonchev–Trinajstić information content (AvgIpc) is 3.38. The highest BCUT2D eigenvalue weighted by molar-refractivity contribution is 5.79. The lowest BCUT2D eigenvalue weighted by atomic mass is 10.3. The van der Waals surface area contributed by atoms with Crippen LogP contribution in [0.3, 0.4) is 0 Å². The zero-order valence-corrected chi connectivity index (χ0v) is 17.8. The number of rotatable bonds is 5. The average molecular weight is 428 g/mol. The van der Waals surface area contributed by atoms with Crippen molar-refractivity contribution in [1.82, 2.24) is 33.6 Å². The second-order valence-corrected chi connectivity index (χ2v) is 7.73. The summed E-state index contributed by atoms with van der Waals surface area (Å²) in [6.07, 6.45) is 5.09. The van der Waals surface area contributed by atoms with E-state index in [1.54, 1.807) is 24.3 Å². The van der Waals surface area contributed by atoms with Gasteiger partial charge in [0.05, 0.1) is 25.3 Å². The molecule has 0 spiro atoms. The lowest BCUT2D eigenvalue weighted by Crippen LogP contribution is -2.38. The molecule has 1 atom stereocenters. The Morgan fingerprint density at radius 3 is 2.74 bits per heavy atom. The molecule has 1 aliphatic heterocycles. The van der Waals surface area contributed by atoms with Gasteiger partial charge in [0.25, 0.3) is 5.56 Å². The largest absolute Gasteiger partial charge is 0.471 e. The Morgan fingerprint density at radius 1 is 1.23 bits per heavy atom. The van der Waals surface area contributed by atoms with Crippen molar-refractivity contribution in [2.75, 3.05) is 32.1 Å². The molecule has 4 heterocycles. The molecule has 31 heavy (non-hydrogen) atoms. The number of anilines is 1. The Kier molecular flexibility index (Phi) is 5.21. The van der Waals surface area contributed by atoms with Crippen LogP contribution in [0.4, 0.5) is 5.82 Å². The van der Waals surface area contributed by atoms with E-state index in [1.165, 1.54) is 22.5 Å². The highest BCUT2D eigenvalue weighted by Gasteiger charge is 2.29. The van der Waals surface area contributed by atoms with Crippen molar-refractivity contribution in [3.63, 3.8) is 0 Å². The van der Waals surface area contributed by atoms with Gasteiger partial charge >= 0.3 is 5.69 Å². The van der Waals surface area contributed by atoms with Crippen LogP contribution < -0.4 is 20.9 Å². The van der Waals surface area contributed by atoms with Gasteiger partial charge in [-0.15, -0.1) is 0 Å². The van der Waals surface area contributed by atoms with Gasteiger partial charge in [-0.1, -0.05) is 0 Å². The van der Waals surface area contributed by atoms with Gasteiger partial charge in [0, 0.05) is 41.2 Å². The minimum Gasteiger partial charge on any atom is -0.471 e. The molecular weight excluding hydrogens is 404 g/mol. The molecule has 1 amide bonds. The van der Waals surface area contributed by atoms with Gasteiger partial charge in [0.1, 0.15) is 12.6 Å². The van der Waals surface area contributed by atoms with Crippen LogP contribution in [0.5, 0.6) is 5.88 Å². The van der Waals surface area contributed by atoms with Gasteiger partial charge in [-0.05, 0) is 0 Å². The number of carbonyl (C=O) groups is 1. The summed E-state index contributed by atoms with van der Waals surface area (Å²) in [5.74, 6) is 0.941. The number of amides is 1. The second kappa shape index (κ2) is 7.85. The highest BCUT2D eigenvalue weighted by atomic mass is 16.5. The van der Waals surface area contributed by atoms with Gasteiger partial charge in [-0.3, -0.25) is 23.7 Å². The SMILES string of the molecule is CN(C)c1cncc(OC2CCN(C(=O)Cn3cnc4c3c(=O)n(C)c(=O)n4C)C2)n1. The fourth-order valence-electron chi connectivity index (χ4n) is 3.59. The summed E-state index contributed by atoms with van der Waals surface area (Å²) in [5, 5.41) is 0. The summed E-state index contributed by atoms with van der Waals surface area (Å²) in [4.78, 5) is 53.7. The molecule has 12 nitrogen and oxygen atoms in total. The summed E-state index contributed by atoms with van der Waals surface area (Å²) < 4.78 is 9.70. The van der Waals surface area contributed by atoms with E-state index in [2.05, 4.69) is 15.0 Å². The van der Waals surface area contributed by atoms with Crippen LogP contribution in [0.15, 0.2) is 28.3 Å². The van der Waals surface area contributed by atoms with Crippen molar-refractivity contribution in [3.05, 3.63) is 39.6 Å². The number of fused-ring (bicyclic) bond motifs is 1. The molecular formula is C19H24N8O4. The van der Waals surface area contributed by atoms with E-state index in [4.69, 9.17) is 4.74 Å². The number of carbonyl (C=O) groups excluding carboxylic acids is 1. The van der Waals surface area contributed by atoms with Gasteiger partial charge in [-0.2, -0.15) is 4.98 Å². The molecule has 1 saturated heterocycles. The van der Waals surface area contributed by atoms with Crippen LogP contribution in [-0.2, 0) is 25.4 Å². The van der Waals surface area contributed by atoms with Gasteiger partial charge < -0.3 is 19.1 Å². The van der Waals surface area contributed by atoms with Crippen molar-refractivity contribution in [1.29, 1.82) is 0 Å². The highest BCUT2D eigenvalue weighted by Crippen LogP contribution is 2.19. The molecule has 164 valence electrons. The zero-order chi connectivity index (χ0) is 22.3. The smallest absolute Gasteiger partial charge is 0.332 e. The molecule has 0 aliphatic carbocycles. The molecule has 4 rings (SSSR count). The first-order chi connectivity index (χ1) is 14.8. The number of aromatic nitrogens is 6. The van der Waals surface area contributed by atoms with E-state index in [0.29, 0.717) is 31.2 Å². The van der Waals surface area contributed by atoms with Crippen LogP contribution in [0, 0.1) is 0 Å². The third kappa shape index (κ3) is 3.76. The summed E-state index contributed by atoms with van der Waals surface area (Å²) in [6, 6.07) is 0. The molecule has 3 aromatic rings. The summed E-state index contributed by atoms with van der Waals surface area (Å²) in [7, 11) is 6.68. The van der Waals surface area contributed by atoms with E-state index in [0.717, 1.165) is 4.57 Å². The maximum Gasteiger partial charge on any atom is 0.332 e. The fraction of sp³-hybridized carbons (Fsp3) is 0.474. The van der Waals surface area contributed by atoms with Crippen LogP contribution in [-0.4, -0.2) is 72.7 Å². The van der Waals surface area contributed by atoms with Crippen LogP contribution in [0.2, 0.25) is 0 Å². The van der Waals surface area contributed by atoms with Crippen molar-refractivity contribution in [2.45, 2.75) is 19.1 Å². The summed E-state index contributed by atoms with van der Waals surface area (Å²) in [6.45, 7) is 0.899. The minimum absolute atomic E-state index is 0.0490. The number of hydrogen-bond acceptors (Lipinski definition) is 8. The summed E-state index contributed by atoms with van der Waals surface area (Å²) in [5.41, 5.74) is -0.468. The quantitative estimate of drug-likeness (QED) is 0.506. The van der Waals surface area contributed by atoms with Crippen molar-refractivity contribution in [3.8, 4) is 5.88 Å². The maximum atomic E-state index is 12.9. The fourth-order valence-corrected chi connectivity index (χ4v) is 3.59. The van der Waals surface area contributed by atoms with Gasteiger partial charge in [0.15, 0.2) is 17.0 Å². The topological polar surface area (TPSA) is 120 Å². The molecule has 1 aliphatic rings. The maximum absolute atomic E-state index is 12.9. The number of likely N-dealkylation sites (tertiary alicyclic amines) is 1. The summed E-state index contributed by atoms with van der Waals surface area (Å²) >= 11 is 0.